The van der Waals surface area contributed by atoms with Crippen molar-refractivity contribution in [1.29, 1.82) is 0 Å². The second-order valence-electron chi connectivity index (χ2n) is 7.95. The Morgan fingerprint density at radius 1 is 0.838 bits per heavy atom. The number of benzene rings is 3. The molecule has 2 heterocycles. The van der Waals surface area contributed by atoms with Crippen molar-refractivity contribution in [2.75, 3.05) is 28.4 Å². The van der Waals surface area contributed by atoms with E-state index in [1.54, 1.807) is 33.1 Å². The van der Waals surface area contributed by atoms with Gasteiger partial charge in [0.1, 0.15) is 11.4 Å². The summed E-state index contributed by atoms with van der Waals surface area (Å²) in [7, 11) is 6.41. The summed E-state index contributed by atoms with van der Waals surface area (Å²) in [6.07, 6.45) is 3.77. The zero-order valence-corrected chi connectivity index (χ0v) is 21.7. The van der Waals surface area contributed by atoms with Gasteiger partial charge < -0.3 is 23.9 Å². The van der Waals surface area contributed by atoms with Crippen molar-refractivity contribution in [1.82, 2.24) is 9.66 Å². The van der Waals surface area contributed by atoms with Gasteiger partial charge in [0, 0.05) is 33.6 Å². The molecule has 5 aromatic rings. The third-order valence-electron chi connectivity index (χ3n) is 5.88. The molecule has 0 saturated heterocycles. The average molecular weight is 515 g/mol. The molecule has 0 aliphatic heterocycles. The molecule has 0 atom stereocenters. The van der Waals surface area contributed by atoms with Crippen molar-refractivity contribution < 1.29 is 18.9 Å². The van der Waals surface area contributed by atoms with Crippen LogP contribution in [-0.4, -0.2) is 44.3 Å². The molecule has 9 heteroatoms. The first kappa shape index (κ1) is 24.2. The highest BCUT2D eigenvalue weighted by Gasteiger charge is 2.17. The molecule has 8 nitrogen and oxygen atoms in total. The standard InChI is InChI=1S/C28H26N4O4S/c1-33-24-12-8-7-11-22(24)31-28-32(30-16-19-15-29-21-10-6-5-9-20(19)21)23(17-37-28)18-13-25(34-2)27(36-4)26(14-18)35-3/h5-17,29H,1-4H3. The highest BCUT2D eigenvalue weighted by atomic mass is 32.1. The minimum absolute atomic E-state index is 0.525. The van der Waals surface area contributed by atoms with Gasteiger partial charge in [0.2, 0.25) is 10.6 Å². The normalized spacial score (nSPS) is 11.8. The Morgan fingerprint density at radius 2 is 1.54 bits per heavy atom. The summed E-state index contributed by atoms with van der Waals surface area (Å²) < 4.78 is 24.0. The maximum atomic E-state index is 5.59. The average Bonchev–Trinajstić information content (AvgIpc) is 3.55. The Bertz CT molecular complexity index is 1620. The molecule has 2 aromatic heterocycles. The monoisotopic (exact) mass is 514 g/mol. The van der Waals surface area contributed by atoms with Crippen LogP contribution in [0.5, 0.6) is 23.0 Å². The van der Waals surface area contributed by atoms with Gasteiger partial charge in [0.05, 0.1) is 40.3 Å². The SMILES string of the molecule is COc1ccccc1N=c1scc(-c2cc(OC)c(OC)c(OC)c2)n1N=Cc1c[nH]c2ccccc12. The number of para-hydroxylation sites is 3. The predicted molar refractivity (Wildman–Crippen MR) is 147 cm³/mol. The molecule has 1 N–H and O–H groups in total. The lowest BCUT2D eigenvalue weighted by Crippen LogP contribution is -2.11. The second kappa shape index (κ2) is 10.6. The molecule has 0 radical (unpaired) electrons. The van der Waals surface area contributed by atoms with Crippen LogP contribution in [0.25, 0.3) is 22.2 Å². The van der Waals surface area contributed by atoms with Crippen LogP contribution in [0.3, 0.4) is 0 Å². The number of aromatic nitrogens is 2. The van der Waals surface area contributed by atoms with Gasteiger partial charge in [-0.05, 0) is 30.3 Å². The number of ether oxygens (including phenoxy) is 4. The summed E-state index contributed by atoms with van der Waals surface area (Å²) in [5, 5.41) is 7.96. The van der Waals surface area contributed by atoms with Gasteiger partial charge in [-0.3, -0.25) is 0 Å². The lowest BCUT2D eigenvalue weighted by Gasteiger charge is -2.14. The van der Waals surface area contributed by atoms with Crippen LogP contribution in [0.1, 0.15) is 5.56 Å². The van der Waals surface area contributed by atoms with Crippen LogP contribution < -0.4 is 23.7 Å². The summed E-state index contributed by atoms with van der Waals surface area (Å²) in [5.41, 5.74) is 4.37. The number of thiazole rings is 1. The van der Waals surface area contributed by atoms with E-state index in [0.29, 0.717) is 33.5 Å². The molecule has 0 aliphatic carbocycles. The van der Waals surface area contributed by atoms with Crippen LogP contribution in [0.15, 0.2) is 82.3 Å². The van der Waals surface area contributed by atoms with Crippen LogP contribution in [0.2, 0.25) is 0 Å². The van der Waals surface area contributed by atoms with E-state index >= 15 is 0 Å². The van der Waals surface area contributed by atoms with Gasteiger partial charge in [-0.2, -0.15) is 5.10 Å². The summed E-state index contributed by atoms with van der Waals surface area (Å²) in [6.45, 7) is 0. The maximum Gasteiger partial charge on any atom is 0.211 e. The van der Waals surface area contributed by atoms with Crippen molar-refractivity contribution >= 4 is 34.1 Å². The summed E-state index contributed by atoms with van der Waals surface area (Å²) >= 11 is 1.47. The molecule has 5 rings (SSSR count). The first-order valence-electron chi connectivity index (χ1n) is 11.5. The van der Waals surface area contributed by atoms with E-state index in [-0.39, 0.29) is 0 Å². The zero-order valence-electron chi connectivity index (χ0n) is 20.9. The number of hydrogen-bond acceptors (Lipinski definition) is 7. The topological polar surface area (TPSA) is 82.4 Å². The number of aromatic amines is 1. The van der Waals surface area contributed by atoms with E-state index in [9.17, 15) is 0 Å². The molecule has 0 amide bonds. The van der Waals surface area contributed by atoms with Crippen molar-refractivity contribution in [3.8, 4) is 34.3 Å². The van der Waals surface area contributed by atoms with Gasteiger partial charge in [-0.15, -0.1) is 11.3 Å². The molecular formula is C28H26N4O4S. The van der Waals surface area contributed by atoms with Gasteiger partial charge in [-0.1, -0.05) is 30.3 Å². The van der Waals surface area contributed by atoms with Crippen molar-refractivity contribution in [2.24, 2.45) is 10.1 Å². The van der Waals surface area contributed by atoms with Crippen LogP contribution >= 0.6 is 11.3 Å². The highest BCUT2D eigenvalue weighted by molar-refractivity contribution is 7.07. The largest absolute Gasteiger partial charge is 0.494 e. The Balaban J connectivity index is 1.71. The lowest BCUT2D eigenvalue weighted by atomic mass is 10.1. The van der Waals surface area contributed by atoms with Crippen LogP contribution in [0, 0.1) is 0 Å². The van der Waals surface area contributed by atoms with E-state index in [4.69, 9.17) is 29.0 Å². The molecule has 37 heavy (non-hydrogen) atoms. The second-order valence-corrected chi connectivity index (χ2v) is 8.78. The van der Waals surface area contributed by atoms with E-state index in [1.807, 2.05) is 72.4 Å². The predicted octanol–water partition coefficient (Wildman–Crippen LogP) is 5.85. The number of hydrogen-bond donors (Lipinski definition) is 1. The molecule has 0 fully saturated rings. The van der Waals surface area contributed by atoms with Crippen LogP contribution in [0.4, 0.5) is 5.69 Å². The molecule has 0 unspecified atom stereocenters. The number of nitrogens with one attached hydrogen (secondary N) is 1. The molecule has 188 valence electrons. The first-order valence-corrected chi connectivity index (χ1v) is 12.3. The number of rotatable bonds is 8. The van der Waals surface area contributed by atoms with Gasteiger partial charge in [-0.25, -0.2) is 9.67 Å². The minimum atomic E-state index is 0.525. The minimum Gasteiger partial charge on any atom is -0.494 e. The van der Waals surface area contributed by atoms with Gasteiger partial charge >= 0.3 is 0 Å². The summed E-state index contributed by atoms with van der Waals surface area (Å²) in [4.78, 5) is 8.85. The van der Waals surface area contributed by atoms with Crippen molar-refractivity contribution in [2.45, 2.75) is 0 Å². The molecule has 3 aromatic carbocycles. The Kier molecular flexibility index (Phi) is 6.96. The van der Waals surface area contributed by atoms with Crippen molar-refractivity contribution in [3.63, 3.8) is 0 Å². The number of fused-ring (bicyclic) bond motifs is 1. The van der Waals surface area contributed by atoms with Gasteiger partial charge in [0.25, 0.3) is 0 Å². The van der Waals surface area contributed by atoms with Crippen molar-refractivity contribution in [3.05, 3.63) is 82.6 Å². The molecular weight excluding hydrogens is 488 g/mol. The molecule has 0 spiro atoms. The lowest BCUT2D eigenvalue weighted by molar-refractivity contribution is 0.324. The maximum absolute atomic E-state index is 5.59. The van der Waals surface area contributed by atoms with Gasteiger partial charge in [0.15, 0.2) is 11.5 Å². The smallest absolute Gasteiger partial charge is 0.211 e. The number of nitrogens with zero attached hydrogens (tertiary/aromatic N) is 3. The summed E-state index contributed by atoms with van der Waals surface area (Å²) in [5.74, 6) is 2.31. The Labute approximate surface area is 218 Å². The fourth-order valence-corrected chi connectivity index (χ4v) is 4.91. The van der Waals surface area contributed by atoms with E-state index in [2.05, 4.69) is 11.1 Å². The fraction of sp³-hybridized carbons (Fsp3) is 0.143. The first-order chi connectivity index (χ1) is 18.2. The third-order valence-corrected chi connectivity index (χ3v) is 6.70. The van der Waals surface area contributed by atoms with E-state index in [1.165, 1.54) is 11.3 Å². The highest BCUT2D eigenvalue weighted by Crippen LogP contribution is 2.41. The molecule has 0 bridgehead atoms. The van der Waals surface area contributed by atoms with E-state index < -0.39 is 0 Å². The quantitative estimate of drug-likeness (QED) is 0.264. The van der Waals surface area contributed by atoms with Crippen LogP contribution in [-0.2, 0) is 0 Å². The zero-order chi connectivity index (χ0) is 25.8. The number of H-pyrrole nitrogens is 1. The molecule has 0 aliphatic rings. The number of methoxy groups -OCH3 is 4. The Hall–Kier alpha value is -4.50. The van der Waals surface area contributed by atoms with E-state index in [0.717, 1.165) is 27.7 Å². The summed E-state index contributed by atoms with van der Waals surface area (Å²) in [6, 6.07) is 19.5. The third kappa shape index (κ3) is 4.68. The Morgan fingerprint density at radius 3 is 2.27 bits per heavy atom. The molecule has 0 saturated carbocycles. The fourth-order valence-electron chi connectivity index (χ4n) is 4.06.